The Labute approximate surface area is 121 Å². The van der Waals surface area contributed by atoms with Gasteiger partial charge >= 0.3 is 0 Å². The molecule has 20 heavy (non-hydrogen) atoms. The van der Waals surface area contributed by atoms with Crippen LogP contribution in [0.4, 0.5) is 5.69 Å². The van der Waals surface area contributed by atoms with Gasteiger partial charge in [0.2, 0.25) is 0 Å². The van der Waals surface area contributed by atoms with E-state index in [2.05, 4.69) is 61.0 Å². The van der Waals surface area contributed by atoms with Gasteiger partial charge in [-0.05, 0) is 41.5 Å². The van der Waals surface area contributed by atoms with Crippen LogP contribution in [0.25, 0.3) is 0 Å². The molecule has 0 amide bonds. The predicted molar refractivity (Wildman–Crippen MR) is 82.1 cm³/mol. The second-order valence-corrected chi connectivity index (χ2v) is 5.79. The van der Waals surface area contributed by atoms with Crippen molar-refractivity contribution in [2.24, 2.45) is 7.05 Å². The number of hydrogen-bond acceptors (Lipinski definition) is 3. The van der Waals surface area contributed by atoms with Gasteiger partial charge in [0.15, 0.2) is 0 Å². The van der Waals surface area contributed by atoms with Crippen LogP contribution in [0.3, 0.4) is 0 Å². The molecule has 2 heterocycles. The normalized spacial score (nSPS) is 13.0. The third kappa shape index (κ3) is 2.57. The van der Waals surface area contributed by atoms with E-state index in [0.29, 0.717) is 6.04 Å². The fraction of sp³-hybridized carbons (Fsp3) is 0.600. The van der Waals surface area contributed by atoms with Gasteiger partial charge in [-0.3, -0.25) is 9.36 Å². The molecule has 2 aromatic rings. The first-order chi connectivity index (χ1) is 9.31. The lowest BCUT2D eigenvalue weighted by molar-refractivity contribution is 0.516. The largest absolute Gasteiger partial charge is 0.375 e. The summed E-state index contributed by atoms with van der Waals surface area (Å²) in [6, 6.07) is 0.589. The molecular weight excluding hydrogens is 250 g/mol. The van der Waals surface area contributed by atoms with E-state index < -0.39 is 0 Å². The van der Waals surface area contributed by atoms with Crippen LogP contribution in [0, 0.1) is 20.8 Å². The summed E-state index contributed by atoms with van der Waals surface area (Å²) in [5.41, 5.74) is 5.66. The number of rotatable bonds is 4. The van der Waals surface area contributed by atoms with E-state index in [4.69, 9.17) is 0 Å². The minimum absolute atomic E-state index is 0.214. The van der Waals surface area contributed by atoms with Crippen LogP contribution in [0.15, 0.2) is 6.20 Å². The summed E-state index contributed by atoms with van der Waals surface area (Å²) in [4.78, 5) is 0. The number of hydrogen-bond donors (Lipinski definition) is 1. The van der Waals surface area contributed by atoms with Crippen molar-refractivity contribution >= 4 is 5.69 Å². The van der Waals surface area contributed by atoms with Crippen LogP contribution >= 0.6 is 0 Å². The molecule has 1 unspecified atom stereocenters. The van der Waals surface area contributed by atoms with Gasteiger partial charge in [-0.1, -0.05) is 0 Å². The van der Waals surface area contributed by atoms with Gasteiger partial charge in [0.25, 0.3) is 0 Å². The lowest BCUT2D eigenvalue weighted by Gasteiger charge is -2.15. The topological polar surface area (TPSA) is 47.7 Å². The van der Waals surface area contributed by atoms with Crippen LogP contribution in [0.1, 0.15) is 55.5 Å². The molecule has 0 spiro atoms. The fourth-order valence-corrected chi connectivity index (χ4v) is 2.71. The molecule has 0 aliphatic heterocycles. The van der Waals surface area contributed by atoms with Gasteiger partial charge in [0.1, 0.15) is 0 Å². The highest BCUT2D eigenvalue weighted by atomic mass is 15.3. The number of aryl methyl sites for hydroxylation is 3. The molecule has 1 N–H and O–H groups in total. The lowest BCUT2D eigenvalue weighted by atomic mass is 10.1. The van der Waals surface area contributed by atoms with Crippen LogP contribution in [0.5, 0.6) is 0 Å². The Hall–Kier alpha value is -1.78. The quantitative estimate of drug-likeness (QED) is 0.931. The van der Waals surface area contributed by atoms with Crippen LogP contribution < -0.4 is 5.32 Å². The molecule has 2 aromatic heterocycles. The zero-order valence-corrected chi connectivity index (χ0v) is 13.5. The first-order valence-corrected chi connectivity index (χ1v) is 7.13. The summed E-state index contributed by atoms with van der Waals surface area (Å²) < 4.78 is 3.93. The molecule has 0 saturated carbocycles. The maximum absolute atomic E-state index is 4.62. The Balaban J connectivity index is 2.28. The second-order valence-electron chi connectivity index (χ2n) is 5.79. The Morgan fingerprint density at radius 3 is 2.15 bits per heavy atom. The fourth-order valence-electron chi connectivity index (χ4n) is 2.71. The summed E-state index contributed by atoms with van der Waals surface area (Å²) in [7, 11) is 1.95. The average Bonchev–Trinajstić information content (AvgIpc) is 2.82. The van der Waals surface area contributed by atoms with E-state index in [1.165, 1.54) is 11.3 Å². The molecule has 0 aliphatic rings. The Morgan fingerprint density at radius 1 is 1.05 bits per heavy atom. The third-order valence-corrected chi connectivity index (χ3v) is 3.69. The smallest absolute Gasteiger partial charge is 0.0828 e. The van der Waals surface area contributed by atoms with Crippen LogP contribution in [-0.2, 0) is 7.05 Å². The zero-order chi connectivity index (χ0) is 15.0. The van der Waals surface area contributed by atoms with Crippen molar-refractivity contribution in [3.63, 3.8) is 0 Å². The summed E-state index contributed by atoms with van der Waals surface area (Å²) >= 11 is 0. The molecule has 110 valence electrons. The third-order valence-electron chi connectivity index (χ3n) is 3.69. The molecule has 1 atom stereocenters. The van der Waals surface area contributed by atoms with Gasteiger partial charge < -0.3 is 5.32 Å². The standard InChI is InChI=1S/C15H25N5/c1-9(2)20-13(6)15(12(5)18-20)16-10(3)14-8-19(7)17-11(14)4/h8-10,16H,1-7H3. The lowest BCUT2D eigenvalue weighted by Crippen LogP contribution is -2.09. The van der Waals surface area contributed by atoms with Crippen molar-refractivity contribution < 1.29 is 0 Å². The molecule has 0 radical (unpaired) electrons. The first kappa shape index (κ1) is 14.6. The summed E-state index contributed by atoms with van der Waals surface area (Å²) in [6.07, 6.45) is 2.07. The Bertz CT molecular complexity index is 606. The summed E-state index contributed by atoms with van der Waals surface area (Å²) in [6.45, 7) is 12.7. The van der Waals surface area contributed by atoms with Crippen LogP contribution in [-0.4, -0.2) is 19.6 Å². The monoisotopic (exact) mass is 275 g/mol. The molecule has 5 heteroatoms. The molecule has 0 aliphatic carbocycles. The second kappa shape index (κ2) is 5.31. The van der Waals surface area contributed by atoms with Gasteiger partial charge in [-0.2, -0.15) is 10.2 Å². The van der Waals surface area contributed by atoms with Crippen LogP contribution in [0.2, 0.25) is 0 Å². The number of nitrogens with one attached hydrogen (secondary N) is 1. The zero-order valence-electron chi connectivity index (χ0n) is 13.5. The number of anilines is 1. The Morgan fingerprint density at radius 2 is 1.70 bits per heavy atom. The van der Waals surface area contributed by atoms with Crippen molar-refractivity contribution in [2.45, 2.75) is 53.6 Å². The highest BCUT2D eigenvalue weighted by Gasteiger charge is 2.17. The molecular formula is C15H25N5. The van der Waals surface area contributed by atoms with Gasteiger partial charge in [0, 0.05) is 24.8 Å². The van der Waals surface area contributed by atoms with Gasteiger partial charge in [0.05, 0.1) is 28.8 Å². The molecule has 0 bridgehead atoms. The minimum atomic E-state index is 0.214. The van der Waals surface area contributed by atoms with Crippen molar-refractivity contribution in [1.82, 2.24) is 19.6 Å². The van der Waals surface area contributed by atoms with Crippen molar-refractivity contribution in [3.05, 3.63) is 28.8 Å². The SMILES string of the molecule is Cc1nn(C)cc1C(C)Nc1c(C)nn(C(C)C)c1C. The minimum Gasteiger partial charge on any atom is -0.375 e. The molecule has 0 aromatic carbocycles. The summed E-state index contributed by atoms with van der Waals surface area (Å²) in [5, 5.41) is 12.6. The van der Waals surface area contributed by atoms with E-state index in [9.17, 15) is 0 Å². The van der Waals surface area contributed by atoms with Gasteiger partial charge in [-0.25, -0.2) is 0 Å². The van der Waals surface area contributed by atoms with E-state index >= 15 is 0 Å². The maximum Gasteiger partial charge on any atom is 0.0828 e. The molecule has 0 fully saturated rings. The van der Waals surface area contributed by atoms with E-state index in [0.717, 1.165) is 17.1 Å². The highest BCUT2D eigenvalue weighted by Crippen LogP contribution is 2.27. The summed E-state index contributed by atoms with van der Waals surface area (Å²) in [5.74, 6) is 0. The molecule has 0 saturated heterocycles. The molecule has 2 rings (SSSR count). The van der Waals surface area contributed by atoms with Crippen molar-refractivity contribution in [3.8, 4) is 0 Å². The first-order valence-electron chi connectivity index (χ1n) is 7.13. The average molecular weight is 275 g/mol. The highest BCUT2D eigenvalue weighted by molar-refractivity contribution is 5.53. The van der Waals surface area contributed by atoms with E-state index in [1.807, 2.05) is 18.7 Å². The van der Waals surface area contributed by atoms with E-state index in [1.54, 1.807) is 0 Å². The van der Waals surface area contributed by atoms with Crippen molar-refractivity contribution in [1.29, 1.82) is 0 Å². The predicted octanol–water partition coefficient (Wildman–Crippen LogP) is 3.30. The maximum atomic E-state index is 4.62. The Kier molecular flexibility index (Phi) is 3.88. The molecule has 5 nitrogen and oxygen atoms in total. The van der Waals surface area contributed by atoms with E-state index in [-0.39, 0.29) is 6.04 Å². The van der Waals surface area contributed by atoms with Crippen molar-refractivity contribution in [2.75, 3.05) is 5.32 Å². The number of nitrogens with zero attached hydrogens (tertiary/aromatic N) is 4. The van der Waals surface area contributed by atoms with Gasteiger partial charge in [-0.15, -0.1) is 0 Å². The number of aromatic nitrogens is 4.